The molecule has 3 rings (SSSR count). The van der Waals surface area contributed by atoms with Gasteiger partial charge in [-0.25, -0.2) is 4.98 Å². The molecule has 1 fully saturated rings. The third-order valence-corrected chi connectivity index (χ3v) is 3.30. The van der Waals surface area contributed by atoms with Crippen LogP contribution in [0.4, 0.5) is 0 Å². The number of fused-ring (bicyclic) bond motifs is 1. The quantitative estimate of drug-likeness (QED) is 0.874. The first kappa shape index (κ1) is 10.7. The van der Waals surface area contributed by atoms with E-state index in [1.807, 2.05) is 19.3 Å². The number of hydrogen-bond acceptors (Lipinski definition) is 3. The fourth-order valence-corrected chi connectivity index (χ4v) is 2.27. The van der Waals surface area contributed by atoms with Crippen molar-refractivity contribution in [2.24, 2.45) is 5.73 Å². The summed E-state index contributed by atoms with van der Waals surface area (Å²) in [6.45, 7) is 2.05. The van der Waals surface area contributed by atoms with E-state index in [4.69, 9.17) is 10.7 Å². The van der Waals surface area contributed by atoms with Gasteiger partial charge in [-0.05, 0) is 32.3 Å². The summed E-state index contributed by atoms with van der Waals surface area (Å²) >= 11 is 0. The molecule has 17 heavy (non-hydrogen) atoms. The van der Waals surface area contributed by atoms with Gasteiger partial charge in [-0.15, -0.1) is 0 Å². The van der Waals surface area contributed by atoms with E-state index in [1.165, 1.54) is 24.2 Å². The van der Waals surface area contributed by atoms with Crippen LogP contribution in [0.5, 0.6) is 0 Å². The molecule has 4 heteroatoms. The zero-order valence-electron chi connectivity index (χ0n) is 10.1. The second-order valence-electron chi connectivity index (χ2n) is 5.01. The van der Waals surface area contributed by atoms with Crippen molar-refractivity contribution >= 4 is 11.0 Å². The Balaban J connectivity index is 2.00. The second-order valence-corrected chi connectivity index (χ2v) is 5.01. The topological polar surface area (TPSA) is 56.7 Å². The molecule has 90 valence electrons. The van der Waals surface area contributed by atoms with Gasteiger partial charge in [0.15, 0.2) is 0 Å². The number of imidazole rings is 1. The molecule has 1 aliphatic rings. The van der Waals surface area contributed by atoms with Crippen molar-refractivity contribution < 1.29 is 0 Å². The minimum atomic E-state index is 0.237. The van der Waals surface area contributed by atoms with Crippen LogP contribution in [0.25, 0.3) is 11.0 Å². The Morgan fingerprint density at radius 2 is 2.35 bits per heavy atom. The first-order valence-corrected chi connectivity index (χ1v) is 6.32. The zero-order chi connectivity index (χ0) is 11.8. The highest BCUT2D eigenvalue weighted by atomic mass is 15.1. The summed E-state index contributed by atoms with van der Waals surface area (Å²) in [5, 5.41) is 0. The van der Waals surface area contributed by atoms with Crippen LogP contribution < -0.4 is 5.73 Å². The third-order valence-electron chi connectivity index (χ3n) is 3.30. The molecule has 1 aliphatic carbocycles. The highest BCUT2D eigenvalue weighted by molar-refractivity contribution is 5.75. The Labute approximate surface area is 101 Å². The van der Waals surface area contributed by atoms with E-state index < -0.39 is 0 Å². The molecule has 0 bridgehead atoms. The number of hydrogen-bond donors (Lipinski definition) is 1. The molecule has 0 amide bonds. The molecule has 4 nitrogen and oxygen atoms in total. The summed E-state index contributed by atoms with van der Waals surface area (Å²) in [5.41, 5.74) is 8.06. The average molecular weight is 230 g/mol. The summed E-state index contributed by atoms with van der Waals surface area (Å²) in [6, 6.07) is 2.96. The normalized spacial score (nSPS) is 17.5. The fourth-order valence-electron chi connectivity index (χ4n) is 2.27. The summed E-state index contributed by atoms with van der Waals surface area (Å²) in [6.07, 6.45) is 8.20. The average Bonchev–Trinajstić information content (AvgIpc) is 3.07. The maximum absolute atomic E-state index is 5.83. The number of aromatic nitrogens is 3. The number of pyridine rings is 1. The van der Waals surface area contributed by atoms with Gasteiger partial charge in [-0.1, -0.05) is 0 Å². The molecule has 1 unspecified atom stereocenters. The highest BCUT2D eigenvalue weighted by Crippen LogP contribution is 2.38. The van der Waals surface area contributed by atoms with Gasteiger partial charge in [0, 0.05) is 24.7 Å². The van der Waals surface area contributed by atoms with Crippen LogP contribution >= 0.6 is 0 Å². The third kappa shape index (κ3) is 2.05. The smallest absolute Gasteiger partial charge is 0.110 e. The monoisotopic (exact) mass is 230 g/mol. The fraction of sp³-hybridized carbons (Fsp3) is 0.538. The van der Waals surface area contributed by atoms with Gasteiger partial charge < -0.3 is 10.3 Å². The minimum absolute atomic E-state index is 0.237. The van der Waals surface area contributed by atoms with Crippen LogP contribution in [-0.4, -0.2) is 20.6 Å². The lowest BCUT2D eigenvalue weighted by Crippen LogP contribution is -2.16. The van der Waals surface area contributed by atoms with E-state index in [0.717, 1.165) is 18.4 Å². The van der Waals surface area contributed by atoms with E-state index in [-0.39, 0.29) is 6.04 Å². The summed E-state index contributed by atoms with van der Waals surface area (Å²) in [5.74, 6) is 1.17. The maximum Gasteiger partial charge on any atom is 0.110 e. The van der Waals surface area contributed by atoms with E-state index in [2.05, 4.69) is 15.6 Å². The van der Waals surface area contributed by atoms with Crippen molar-refractivity contribution in [2.75, 3.05) is 0 Å². The van der Waals surface area contributed by atoms with Crippen molar-refractivity contribution in [2.45, 2.75) is 44.7 Å². The molecule has 1 saturated carbocycles. The van der Waals surface area contributed by atoms with Crippen molar-refractivity contribution in [3.8, 4) is 0 Å². The largest absolute Gasteiger partial charge is 0.328 e. The van der Waals surface area contributed by atoms with Crippen LogP contribution in [0, 0.1) is 0 Å². The number of nitrogens with two attached hydrogens (primary N) is 1. The molecule has 0 radical (unpaired) electrons. The first-order valence-electron chi connectivity index (χ1n) is 6.32. The van der Waals surface area contributed by atoms with Gasteiger partial charge in [0.2, 0.25) is 0 Å². The van der Waals surface area contributed by atoms with Gasteiger partial charge in [0.25, 0.3) is 0 Å². The Morgan fingerprint density at radius 1 is 1.53 bits per heavy atom. The molecule has 2 aromatic heterocycles. The standard InChI is InChI=1S/C13H18N4/c1-9(14)2-5-13-16-11-8-15-7-6-12(11)17(13)10-3-4-10/h6-10H,2-5,14H2,1H3. The Kier molecular flexibility index (Phi) is 2.59. The van der Waals surface area contributed by atoms with Crippen LogP contribution in [0.1, 0.15) is 38.1 Å². The van der Waals surface area contributed by atoms with Gasteiger partial charge in [0.1, 0.15) is 11.3 Å². The Hall–Kier alpha value is -1.42. The van der Waals surface area contributed by atoms with Gasteiger partial charge in [-0.3, -0.25) is 4.98 Å². The lowest BCUT2D eigenvalue weighted by atomic mass is 10.2. The van der Waals surface area contributed by atoms with Crippen molar-refractivity contribution in [1.29, 1.82) is 0 Å². The summed E-state index contributed by atoms with van der Waals surface area (Å²) in [4.78, 5) is 8.83. The Morgan fingerprint density at radius 3 is 3.06 bits per heavy atom. The van der Waals surface area contributed by atoms with Crippen molar-refractivity contribution in [1.82, 2.24) is 14.5 Å². The predicted molar refractivity (Wildman–Crippen MR) is 67.8 cm³/mol. The molecule has 1 atom stereocenters. The van der Waals surface area contributed by atoms with Gasteiger partial charge in [-0.2, -0.15) is 0 Å². The van der Waals surface area contributed by atoms with E-state index >= 15 is 0 Å². The SMILES string of the molecule is CC(N)CCc1nc2cnccc2n1C1CC1. The second kappa shape index (κ2) is 4.11. The van der Waals surface area contributed by atoms with Gasteiger partial charge in [0.05, 0.1) is 11.7 Å². The van der Waals surface area contributed by atoms with Crippen LogP contribution in [-0.2, 0) is 6.42 Å². The lowest BCUT2D eigenvalue weighted by Gasteiger charge is -2.08. The number of aryl methyl sites for hydroxylation is 1. The molecule has 0 saturated heterocycles. The van der Waals surface area contributed by atoms with E-state index in [0.29, 0.717) is 6.04 Å². The molecule has 0 aromatic carbocycles. The molecular formula is C13H18N4. The number of nitrogens with zero attached hydrogens (tertiary/aromatic N) is 3. The molecular weight excluding hydrogens is 212 g/mol. The van der Waals surface area contributed by atoms with Crippen LogP contribution in [0.3, 0.4) is 0 Å². The Bertz CT molecular complexity index is 525. The maximum atomic E-state index is 5.83. The van der Waals surface area contributed by atoms with Crippen molar-refractivity contribution in [3.63, 3.8) is 0 Å². The molecule has 0 aliphatic heterocycles. The summed E-state index contributed by atoms with van der Waals surface area (Å²) < 4.78 is 2.39. The lowest BCUT2D eigenvalue weighted by molar-refractivity contribution is 0.615. The van der Waals surface area contributed by atoms with E-state index in [1.54, 1.807) is 0 Å². The molecule has 2 heterocycles. The molecule has 0 spiro atoms. The van der Waals surface area contributed by atoms with Crippen LogP contribution in [0.2, 0.25) is 0 Å². The van der Waals surface area contributed by atoms with Crippen molar-refractivity contribution in [3.05, 3.63) is 24.3 Å². The molecule has 2 aromatic rings. The summed E-state index contributed by atoms with van der Waals surface area (Å²) in [7, 11) is 0. The number of rotatable bonds is 4. The highest BCUT2D eigenvalue weighted by Gasteiger charge is 2.27. The predicted octanol–water partition coefficient (Wildman–Crippen LogP) is 2.05. The first-order chi connectivity index (χ1) is 8.25. The zero-order valence-corrected chi connectivity index (χ0v) is 10.1. The molecule has 2 N–H and O–H groups in total. The van der Waals surface area contributed by atoms with Crippen LogP contribution in [0.15, 0.2) is 18.5 Å². The van der Waals surface area contributed by atoms with Gasteiger partial charge >= 0.3 is 0 Å². The van der Waals surface area contributed by atoms with E-state index in [9.17, 15) is 0 Å². The minimum Gasteiger partial charge on any atom is -0.328 e.